The molecule has 6 heteroatoms. The first-order valence-corrected chi connectivity index (χ1v) is 9.10. The summed E-state index contributed by atoms with van der Waals surface area (Å²) in [6.45, 7) is 1.42. The van der Waals surface area contributed by atoms with E-state index in [4.69, 9.17) is 4.74 Å². The number of carbonyl (C=O) groups is 1. The van der Waals surface area contributed by atoms with Crippen molar-refractivity contribution < 1.29 is 13.9 Å². The van der Waals surface area contributed by atoms with E-state index >= 15 is 0 Å². The lowest BCUT2D eigenvalue weighted by Gasteiger charge is -2.15. The number of amides is 1. The van der Waals surface area contributed by atoms with Gasteiger partial charge in [-0.1, -0.05) is 18.2 Å². The topological polar surface area (TPSA) is 64.1 Å². The molecule has 0 aliphatic heterocycles. The number of nitrogens with zero attached hydrogens (tertiary/aromatic N) is 2. The predicted octanol–water partition coefficient (Wildman–Crippen LogP) is 4.72. The summed E-state index contributed by atoms with van der Waals surface area (Å²) in [6, 6.07) is 12.1. The van der Waals surface area contributed by atoms with Gasteiger partial charge in [-0.15, -0.1) is 0 Å². The Labute approximate surface area is 156 Å². The molecule has 1 aliphatic rings. The predicted molar refractivity (Wildman–Crippen MR) is 102 cm³/mol. The number of fused-ring (bicyclic) bond motifs is 1. The van der Waals surface area contributed by atoms with Crippen LogP contribution in [0, 0.1) is 5.82 Å². The quantitative estimate of drug-likeness (QED) is 0.727. The summed E-state index contributed by atoms with van der Waals surface area (Å²) in [6.07, 6.45) is 4.42. The van der Waals surface area contributed by atoms with E-state index in [1.165, 1.54) is 19.1 Å². The zero-order valence-electron chi connectivity index (χ0n) is 15.0. The fourth-order valence-electron chi connectivity index (χ4n) is 3.39. The minimum Gasteiger partial charge on any atom is -0.474 e. The smallest absolute Gasteiger partial charge is 0.233 e. The number of carbonyl (C=O) groups excluding carboxylic acids is 1. The highest BCUT2D eigenvalue weighted by Crippen LogP contribution is 2.32. The molecule has 0 bridgehead atoms. The zero-order chi connectivity index (χ0) is 18.8. The molecule has 0 spiro atoms. The van der Waals surface area contributed by atoms with Crippen LogP contribution >= 0.6 is 0 Å². The first kappa shape index (κ1) is 17.4. The number of rotatable bonds is 4. The van der Waals surface area contributed by atoms with Gasteiger partial charge < -0.3 is 4.74 Å². The number of hydrogen-bond donors (Lipinski definition) is 1. The largest absolute Gasteiger partial charge is 0.474 e. The molecule has 1 heterocycles. The molecule has 0 unspecified atom stereocenters. The third kappa shape index (κ3) is 3.89. The average molecular weight is 365 g/mol. The van der Waals surface area contributed by atoms with Crippen LogP contribution in [0.25, 0.3) is 22.0 Å². The highest BCUT2D eigenvalue weighted by Gasteiger charge is 2.20. The van der Waals surface area contributed by atoms with E-state index in [0.717, 1.165) is 42.2 Å². The van der Waals surface area contributed by atoms with E-state index in [1.54, 1.807) is 12.1 Å². The van der Waals surface area contributed by atoms with E-state index in [2.05, 4.69) is 15.3 Å². The number of anilines is 1. The molecule has 1 saturated carbocycles. The number of nitrogens with one attached hydrogen (secondary N) is 1. The monoisotopic (exact) mass is 365 g/mol. The van der Waals surface area contributed by atoms with Crippen LogP contribution in [0.2, 0.25) is 0 Å². The first-order valence-electron chi connectivity index (χ1n) is 9.10. The highest BCUT2D eigenvalue weighted by atomic mass is 19.1. The van der Waals surface area contributed by atoms with Gasteiger partial charge >= 0.3 is 0 Å². The molecule has 1 amide bonds. The highest BCUT2D eigenvalue weighted by molar-refractivity contribution is 5.92. The van der Waals surface area contributed by atoms with Crippen LogP contribution in [0.5, 0.6) is 5.88 Å². The molecule has 5 nitrogen and oxygen atoms in total. The van der Waals surface area contributed by atoms with E-state index in [-0.39, 0.29) is 23.8 Å². The molecule has 4 rings (SSSR count). The maximum absolute atomic E-state index is 13.2. The maximum Gasteiger partial charge on any atom is 0.233 e. The van der Waals surface area contributed by atoms with Crippen molar-refractivity contribution >= 4 is 22.8 Å². The van der Waals surface area contributed by atoms with Gasteiger partial charge in [-0.05, 0) is 61.1 Å². The summed E-state index contributed by atoms with van der Waals surface area (Å²) in [7, 11) is 0. The fourth-order valence-corrected chi connectivity index (χ4v) is 3.39. The van der Waals surface area contributed by atoms with Gasteiger partial charge in [0.2, 0.25) is 17.7 Å². The van der Waals surface area contributed by atoms with E-state index in [0.29, 0.717) is 11.4 Å². The summed E-state index contributed by atoms with van der Waals surface area (Å²) in [5.41, 5.74) is 2.51. The zero-order valence-corrected chi connectivity index (χ0v) is 15.0. The van der Waals surface area contributed by atoms with Crippen molar-refractivity contribution in [2.45, 2.75) is 38.7 Å². The van der Waals surface area contributed by atoms with Gasteiger partial charge in [0.05, 0.1) is 10.9 Å². The second-order valence-electron chi connectivity index (χ2n) is 6.80. The summed E-state index contributed by atoms with van der Waals surface area (Å²) < 4.78 is 19.4. The number of benzene rings is 2. The van der Waals surface area contributed by atoms with Crippen LogP contribution < -0.4 is 10.1 Å². The van der Waals surface area contributed by atoms with Gasteiger partial charge in [0, 0.05) is 6.92 Å². The molecule has 0 atom stereocenters. The fraction of sp³-hybridized carbons (Fsp3) is 0.286. The van der Waals surface area contributed by atoms with Gasteiger partial charge in [0.25, 0.3) is 0 Å². The Morgan fingerprint density at radius 2 is 1.78 bits per heavy atom. The van der Waals surface area contributed by atoms with Gasteiger partial charge in [0.1, 0.15) is 11.9 Å². The molecular weight excluding hydrogens is 345 g/mol. The molecule has 1 aromatic heterocycles. The standard InChI is InChI=1S/C21H20FN3O2/c1-13(26)23-21-24-19-11-8-15(14-6-9-16(22)10-7-14)12-18(19)20(25-21)27-17-4-2-3-5-17/h6-12,17H,2-5H2,1H3,(H,23,24,25,26). The Hall–Kier alpha value is -3.02. The van der Waals surface area contributed by atoms with E-state index in [1.807, 2.05) is 18.2 Å². The van der Waals surface area contributed by atoms with Crippen molar-refractivity contribution in [1.82, 2.24) is 9.97 Å². The Kier molecular flexibility index (Phi) is 4.71. The van der Waals surface area contributed by atoms with Crippen molar-refractivity contribution in [2.24, 2.45) is 0 Å². The molecule has 0 saturated heterocycles. The normalized spacial score (nSPS) is 14.4. The minimum atomic E-state index is -0.270. The van der Waals surface area contributed by atoms with Gasteiger partial charge in [-0.25, -0.2) is 9.37 Å². The summed E-state index contributed by atoms with van der Waals surface area (Å²) >= 11 is 0. The average Bonchev–Trinajstić information content (AvgIpc) is 3.15. The molecule has 2 aromatic carbocycles. The van der Waals surface area contributed by atoms with Crippen molar-refractivity contribution in [3.63, 3.8) is 0 Å². The summed E-state index contributed by atoms with van der Waals surface area (Å²) in [5.74, 6) is 0.203. The molecular formula is C21H20FN3O2. The van der Waals surface area contributed by atoms with Crippen LogP contribution in [0.15, 0.2) is 42.5 Å². The lowest BCUT2D eigenvalue weighted by atomic mass is 10.0. The second kappa shape index (κ2) is 7.31. The van der Waals surface area contributed by atoms with Gasteiger partial charge in [-0.2, -0.15) is 4.98 Å². The summed E-state index contributed by atoms with van der Waals surface area (Å²) in [4.78, 5) is 20.3. The first-order chi connectivity index (χ1) is 13.1. The molecule has 1 aliphatic carbocycles. The van der Waals surface area contributed by atoms with Crippen LogP contribution in [-0.2, 0) is 4.79 Å². The van der Waals surface area contributed by atoms with E-state index in [9.17, 15) is 9.18 Å². The van der Waals surface area contributed by atoms with Crippen molar-refractivity contribution in [3.05, 3.63) is 48.3 Å². The molecule has 1 N–H and O–H groups in total. The van der Waals surface area contributed by atoms with Gasteiger partial charge in [0.15, 0.2) is 0 Å². The van der Waals surface area contributed by atoms with Crippen LogP contribution in [0.4, 0.5) is 10.3 Å². The molecule has 1 fully saturated rings. The number of aromatic nitrogens is 2. The minimum absolute atomic E-state index is 0.128. The molecule has 27 heavy (non-hydrogen) atoms. The van der Waals surface area contributed by atoms with Crippen molar-refractivity contribution in [3.8, 4) is 17.0 Å². The number of ether oxygens (including phenoxy) is 1. The molecule has 138 valence electrons. The van der Waals surface area contributed by atoms with Crippen LogP contribution in [0.3, 0.4) is 0 Å². The van der Waals surface area contributed by atoms with Gasteiger partial charge in [-0.3, -0.25) is 10.1 Å². The third-order valence-corrected chi connectivity index (χ3v) is 4.71. The van der Waals surface area contributed by atoms with E-state index < -0.39 is 0 Å². The Balaban J connectivity index is 1.79. The van der Waals surface area contributed by atoms with Crippen molar-refractivity contribution in [1.29, 1.82) is 0 Å². The Bertz CT molecular complexity index is 983. The van der Waals surface area contributed by atoms with Crippen LogP contribution in [-0.4, -0.2) is 22.0 Å². The Morgan fingerprint density at radius 3 is 2.48 bits per heavy atom. The second-order valence-corrected chi connectivity index (χ2v) is 6.80. The lowest BCUT2D eigenvalue weighted by Crippen LogP contribution is -2.15. The Morgan fingerprint density at radius 1 is 1.07 bits per heavy atom. The SMILES string of the molecule is CC(=O)Nc1nc(OC2CCCC2)c2cc(-c3ccc(F)cc3)ccc2n1. The summed E-state index contributed by atoms with van der Waals surface area (Å²) in [5, 5.41) is 3.41. The molecule has 3 aromatic rings. The number of hydrogen-bond acceptors (Lipinski definition) is 4. The lowest BCUT2D eigenvalue weighted by molar-refractivity contribution is -0.114. The number of halogens is 1. The maximum atomic E-state index is 13.2. The molecule has 0 radical (unpaired) electrons. The third-order valence-electron chi connectivity index (χ3n) is 4.71. The van der Waals surface area contributed by atoms with Crippen molar-refractivity contribution in [2.75, 3.05) is 5.32 Å². The van der Waals surface area contributed by atoms with Crippen LogP contribution in [0.1, 0.15) is 32.6 Å².